The van der Waals surface area contributed by atoms with E-state index in [1.54, 1.807) is 6.07 Å². The summed E-state index contributed by atoms with van der Waals surface area (Å²) in [7, 11) is 0. The van der Waals surface area contributed by atoms with Gasteiger partial charge < -0.3 is 15.3 Å². The Morgan fingerprint density at radius 1 is 1.38 bits per heavy atom. The fraction of sp³-hybridized carbons (Fsp3) is 0.500. The highest BCUT2D eigenvalue weighted by Crippen LogP contribution is 2.22. The Hall–Kier alpha value is -1.99. The number of nitrogens with one attached hydrogen (secondary N) is 1. The molecule has 0 aliphatic carbocycles. The van der Waals surface area contributed by atoms with E-state index < -0.39 is 10.9 Å². The number of carboxylic acid groups (broad SMARTS) is 1. The molecule has 1 aromatic carbocycles. The van der Waals surface area contributed by atoms with Crippen molar-refractivity contribution >= 4 is 11.7 Å². The molecule has 2 N–H and O–H groups in total. The van der Waals surface area contributed by atoms with Crippen LogP contribution in [0.2, 0.25) is 0 Å². The largest absolute Gasteiger partial charge is 0.477 e. The number of aromatic carboxylic acids is 1. The minimum Gasteiger partial charge on any atom is -0.477 e. The minimum atomic E-state index is -1.28. The average molecular weight is 295 g/mol. The molecular formula is C14H21N3O4. The van der Waals surface area contributed by atoms with Crippen molar-refractivity contribution < 1.29 is 14.8 Å². The van der Waals surface area contributed by atoms with Gasteiger partial charge in [0.25, 0.3) is 5.69 Å². The lowest BCUT2D eigenvalue weighted by Gasteiger charge is -2.18. The number of hydrogen-bond acceptors (Lipinski definition) is 5. The van der Waals surface area contributed by atoms with Gasteiger partial charge in [-0.25, -0.2) is 4.79 Å². The fourth-order valence-electron chi connectivity index (χ4n) is 2.13. The molecule has 21 heavy (non-hydrogen) atoms. The van der Waals surface area contributed by atoms with Crippen molar-refractivity contribution in [1.29, 1.82) is 0 Å². The quantitative estimate of drug-likeness (QED) is 0.409. The molecule has 0 atom stereocenters. The van der Waals surface area contributed by atoms with Crippen LogP contribution >= 0.6 is 0 Å². The van der Waals surface area contributed by atoms with E-state index in [1.807, 2.05) is 0 Å². The third kappa shape index (κ3) is 4.80. The Morgan fingerprint density at radius 2 is 2.05 bits per heavy atom. The predicted molar refractivity (Wildman–Crippen MR) is 79.6 cm³/mol. The van der Waals surface area contributed by atoms with Crippen LogP contribution in [0.15, 0.2) is 18.2 Å². The van der Waals surface area contributed by atoms with Gasteiger partial charge in [-0.1, -0.05) is 26.0 Å². The summed E-state index contributed by atoms with van der Waals surface area (Å²) in [6.45, 7) is 7.91. The smallest absolute Gasteiger partial charge is 0.343 e. The summed E-state index contributed by atoms with van der Waals surface area (Å²) in [5.41, 5.74) is -0.181. The maximum Gasteiger partial charge on any atom is 0.343 e. The lowest BCUT2D eigenvalue weighted by Crippen LogP contribution is -2.31. The van der Waals surface area contributed by atoms with Crippen LogP contribution < -0.4 is 5.32 Å². The van der Waals surface area contributed by atoms with E-state index >= 15 is 0 Å². The summed E-state index contributed by atoms with van der Waals surface area (Å²) in [5, 5.41) is 23.2. The number of nitrogens with zero attached hydrogens (tertiary/aromatic N) is 2. The number of nitro benzene ring substituents is 1. The van der Waals surface area contributed by atoms with Gasteiger partial charge in [0.05, 0.1) is 4.92 Å². The normalized spacial score (nSPS) is 10.8. The van der Waals surface area contributed by atoms with Crippen LogP contribution in [-0.4, -0.2) is 47.1 Å². The van der Waals surface area contributed by atoms with Gasteiger partial charge in [0.2, 0.25) is 0 Å². The van der Waals surface area contributed by atoms with Crippen molar-refractivity contribution in [3.63, 3.8) is 0 Å². The highest BCUT2D eigenvalue weighted by atomic mass is 16.6. The van der Waals surface area contributed by atoms with E-state index in [0.29, 0.717) is 18.7 Å². The maximum atomic E-state index is 11.2. The summed E-state index contributed by atoms with van der Waals surface area (Å²) < 4.78 is 0. The Labute approximate surface area is 123 Å². The molecule has 0 saturated heterocycles. The first-order chi connectivity index (χ1) is 10.0. The molecule has 0 bridgehead atoms. The SMILES string of the molecule is CCN(CC)CCNCc1cccc([N+](=O)[O-])c1C(=O)O. The zero-order valence-electron chi connectivity index (χ0n) is 12.3. The van der Waals surface area contributed by atoms with Crippen molar-refractivity contribution in [2.75, 3.05) is 26.2 Å². The van der Waals surface area contributed by atoms with Crippen LogP contribution in [-0.2, 0) is 6.54 Å². The number of benzene rings is 1. The van der Waals surface area contributed by atoms with Crippen LogP contribution in [0.3, 0.4) is 0 Å². The summed E-state index contributed by atoms with van der Waals surface area (Å²) >= 11 is 0. The molecule has 0 spiro atoms. The first-order valence-electron chi connectivity index (χ1n) is 6.93. The van der Waals surface area contributed by atoms with Crippen molar-refractivity contribution in [2.45, 2.75) is 20.4 Å². The molecule has 1 aromatic rings. The summed E-state index contributed by atoms with van der Waals surface area (Å²) in [6, 6.07) is 4.32. The third-order valence-corrected chi connectivity index (χ3v) is 3.35. The molecule has 1 rings (SSSR count). The molecule has 0 saturated carbocycles. The number of rotatable bonds is 9. The molecule has 116 valence electrons. The van der Waals surface area contributed by atoms with Crippen LogP contribution in [0.5, 0.6) is 0 Å². The van der Waals surface area contributed by atoms with Gasteiger partial charge in [-0.05, 0) is 18.7 Å². The molecule has 0 fully saturated rings. The summed E-state index contributed by atoms with van der Waals surface area (Å²) in [6.07, 6.45) is 0. The van der Waals surface area contributed by atoms with Crippen molar-refractivity contribution in [3.8, 4) is 0 Å². The van der Waals surface area contributed by atoms with E-state index in [9.17, 15) is 20.0 Å². The lowest BCUT2D eigenvalue weighted by atomic mass is 10.1. The van der Waals surface area contributed by atoms with E-state index in [2.05, 4.69) is 24.1 Å². The van der Waals surface area contributed by atoms with Crippen LogP contribution in [0.1, 0.15) is 29.8 Å². The van der Waals surface area contributed by atoms with Gasteiger partial charge in [0, 0.05) is 25.7 Å². The molecule has 0 unspecified atom stereocenters. The number of hydrogen-bond donors (Lipinski definition) is 2. The predicted octanol–water partition coefficient (Wildman–Crippen LogP) is 1.72. The topological polar surface area (TPSA) is 95.7 Å². The number of carbonyl (C=O) groups is 1. The van der Waals surface area contributed by atoms with Gasteiger partial charge in [0.1, 0.15) is 5.56 Å². The number of likely N-dealkylation sites (N-methyl/N-ethyl adjacent to an activating group) is 1. The van der Waals surface area contributed by atoms with Crippen molar-refractivity contribution in [2.24, 2.45) is 0 Å². The van der Waals surface area contributed by atoms with Gasteiger partial charge in [-0.3, -0.25) is 10.1 Å². The number of nitro groups is 1. The van der Waals surface area contributed by atoms with E-state index in [-0.39, 0.29) is 11.3 Å². The van der Waals surface area contributed by atoms with E-state index in [4.69, 9.17) is 0 Å². The second-order valence-electron chi connectivity index (χ2n) is 4.58. The molecular weight excluding hydrogens is 274 g/mol. The molecule has 0 aliphatic rings. The van der Waals surface area contributed by atoms with Gasteiger partial charge >= 0.3 is 5.97 Å². The molecule has 0 radical (unpaired) electrons. The second-order valence-corrected chi connectivity index (χ2v) is 4.58. The zero-order valence-corrected chi connectivity index (χ0v) is 12.3. The lowest BCUT2D eigenvalue weighted by molar-refractivity contribution is -0.385. The van der Waals surface area contributed by atoms with Crippen LogP contribution in [0, 0.1) is 10.1 Å². The Balaban J connectivity index is 2.73. The highest BCUT2D eigenvalue weighted by Gasteiger charge is 2.22. The third-order valence-electron chi connectivity index (χ3n) is 3.35. The first-order valence-corrected chi connectivity index (χ1v) is 6.93. The molecule has 7 nitrogen and oxygen atoms in total. The monoisotopic (exact) mass is 295 g/mol. The van der Waals surface area contributed by atoms with E-state index in [0.717, 1.165) is 19.6 Å². The highest BCUT2D eigenvalue weighted by molar-refractivity contribution is 5.94. The second kappa shape index (κ2) is 8.33. The minimum absolute atomic E-state index is 0.238. The average Bonchev–Trinajstić information content (AvgIpc) is 2.46. The zero-order chi connectivity index (χ0) is 15.8. The van der Waals surface area contributed by atoms with Gasteiger partial charge in [-0.15, -0.1) is 0 Å². The standard InChI is InChI=1S/C14H21N3O4/c1-3-16(4-2)9-8-15-10-11-6-5-7-12(17(20)21)13(11)14(18)19/h5-7,15H,3-4,8-10H2,1-2H3,(H,18,19). The fourth-order valence-corrected chi connectivity index (χ4v) is 2.13. The van der Waals surface area contributed by atoms with Crippen molar-refractivity contribution in [1.82, 2.24) is 10.2 Å². The molecule has 0 aromatic heterocycles. The Morgan fingerprint density at radius 3 is 2.57 bits per heavy atom. The summed E-state index contributed by atoms with van der Waals surface area (Å²) in [5.74, 6) is -1.28. The molecule has 0 amide bonds. The van der Waals surface area contributed by atoms with Crippen LogP contribution in [0.25, 0.3) is 0 Å². The number of carboxylic acids is 1. The summed E-state index contributed by atoms with van der Waals surface area (Å²) in [4.78, 5) is 23.7. The van der Waals surface area contributed by atoms with Crippen molar-refractivity contribution in [3.05, 3.63) is 39.4 Å². The van der Waals surface area contributed by atoms with Crippen LogP contribution in [0.4, 0.5) is 5.69 Å². The van der Waals surface area contributed by atoms with Gasteiger partial charge in [-0.2, -0.15) is 0 Å². The molecule has 0 aliphatic heterocycles. The Bertz CT molecular complexity index is 501. The molecule has 0 heterocycles. The maximum absolute atomic E-state index is 11.2. The van der Waals surface area contributed by atoms with E-state index in [1.165, 1.54) is 12.1 Å². The molecule has 7 heteroatoms. The first kappa shape index (κ1) is 17.1. The Kier molecular flexibility index (Phi) is 6.77. The van der Waals surface area contributed by atoms with Gasteiger partial charge in [0.15, 0.2) is 0 Å².